The third kappa shape index (κ3) is 8.19. The fourth-order valence-corrected chi connectivity index (χ4v) is 8.87. The number of nitrogens with one attached hydrogen (secondary N) is 3. The van der Waals surface area contributed by atoms with Gasteiger partial charge >= 0.3 is 0 Å². The maximum absolute atomic E-state index is 13.4. The van der Waals surface area contributed by atoms with Gasteiger partial charge in [0.15, 0.2) is 0 Å². The Balaban J connectivity index is 0.974. The Morgan fingerprint density at radius 1 is 0.957 bits per heavy atom. The summed E-state index contributed by atoms with van der Waals surface area (Å²) in [7, 11) is 0. The quantitative estimate of drug-likeness (QED) is 0.220. The monoisotopic (exact) mass is 708 g/mol. The van der Waals surface area contributed by atoms with Crippen LogP contribution in [0.5, 0.6) is 0 Å². The molecule has 3 fully saturated rings. The predicted octanol–water partition coefficient (Wildman–Crippen LogP) is 6.21. The Morgan fingerprint density at radius 3 is 2.52 bits per heavy atom. The first kappa shape index (κ1) is 33.1. The Bertz CT molecular complexity index is 1500. The Labute approximate surface area is 284 Å². The van der Waals surface area contributed by atoms with Crippen LogP contribution >= 0.6 is 27.3 Å². The molecule has 10 heteroatoms. The highest BCUT2D eigenvalue weighted by atomic mass is 79.9. The van der Waals surface area contributed by atoms with E-state index in [-0.39, 0.29) is 30.7 Å². The number of fused-ring (bicyclic) bond motifs is 1. The van der Waals surface area contributed by atoms with Crippen molar-refractivity contribution in [1.82, 2.24) is 20.9 Å². The van der Waals surface area contributed by atoms with Gasteiger partial charge in [-0.15, -0.1) is 11.3 Å². The first-order valence-corrected chi connectivity index (χ1v) is 18.4. The molecular weight excluding hydrogens is 664 g/mol. The smallest absolute Gasteiger partial charge is 0.262 e. The molecule has 2 saturated heterocycles. The van der Waals surface area contributed by atoms with Crippen molar-refractivity contribution in [2.24, 2.45) is 11.8 Å². The minimum atomic E-state index is -0.935. The average molecular weight is 710 g/mol. The standard InChI is InChI=1S/C36H45BrN4O4S/c37-29-9-8-28-21-32(46-31(28)22-29)34(43)40-36(14-4-5-15-36)35(44)38-16-10-33(42)39-23-26-11-17-41(24-25-12-18-45-19-13-25)30(20-26)27-6-2-1-3-7-27/h1-3,6-9,21-22,25-26,30H,4-5,10-20,23-24H2,(H,38,44)(H,39,42)(H,40,43)/t26?,30-/m1/s1. The van der Waals surface area contributed by atoms with Crippen molar-refractivity contribution in [1.29, 1.82) is 0 Å². The molecule has 0 bridgehead atoms. The van der Waals surface area contributed by atoms with E-state index in [1.165, 1.54) is 16.9 Å². The summed E-state index contributed by atoms with van der Waals surface area (Å²) >= 11 is 4.91. The van der Waals surface area contributed by atoms with E-state index < -0.39 is 5.54 Å². The number of likely N-dealkylation sites (tertiary alicyclic amines) is 1. The number of carbonyl (C=O) groups excluding carboxylic acids is 3. The van der Waals surface area contributed by atoms with Gasteiger partial charge in [0.1, 0.15) is 5.54 Å². The molecule has 3 aliphatic rings. The Hall–Kier alpha value is -2.79. The van der Waals surface area contributed by atoms with E-state index in [4.69, 9.17) is 4.74 Å². The number of nitrogens with zero attached hydrogens (tertiary/aromatic N) is 1. The summed E-state index contributed by atoms with van der Waals surface area (Å²) < 4.78 is 7.57. The van der Waals surface area contributed by atoms with E-state index in [1.54, 1.807) is 0 Å². The number of benzene rings is 2. The SMILES string of the molecule is O=C(CCNC(=O)C1(NC(=O)c2cc3ccc(Br)cc3s2)CCCC1)NCC1CCN(CC2CCOCC2)[C@@H](c2ccccc2)C1. The summed E-state index contributed by atoms with van der Waals surface area (Å²) in [6.45, 7) is 4.75. The number of hydrogen-bond acceptors (Lipinski definition) is 6. The molecule has 1 aromatic heterocycles. The minimum Gasteiger partial charge on any atom is -0.381 e. The molecule has 246 valence electrons. The topological polar surface area (TPSA) is 99.8 Å². The van der Waals surface area contributed by atoms with Gasteiger partial charge in [-0.3, -0.25) is 19.3 Å². The van der Waals surface area contributed by atoms with Crippen molar-refractivity contribution in [2.45, 2.75) is 69.4 Å². The second kappa shape index (κ2) is 15.4. The zero-order valence-corrected chi connectivity index (χ0v) is 28.8. The lowest BCUT2D eigenvalue weighted by Gasteiger charge is -2.42. The number of carbonyl (C=O) groups is 3. The zero-order valence-electron chi connectivity index (χ0n) is 26.4. The predicted molar refractivity (Wildman–Crippen MR) is 186 cm³/mol. The number of hydrogen-bond donors (Lipinski definition) is 3. The molecule has 8 nitrogen and oxygen atoms in total. The van der Waals surface area contributed by atoms with Crippen LogP contribution in [0.3, 0.4) is 0 Å². The van der Waals surface area contributed by atoms with E-state index in [0.717, 1.165) is 79.4 Å². The second-order valence-electron chi connectivity index (χ2n) is 13.2. The molecule has 3 N–H and O–H groups in total. The van der Waals surface area contributed by atoms with E-state index in [1.807, 2.05) is 24.3 Å². The third-order valence-corrected chi connectivity index (χ3v) is 11.6. The largest absolute Gasteiger partial charge is 0.381 e. The van der Waals surface area contributed by atoms with Gasteiger partial charge < -0.3 is 20.7 Å². The van der Waals surface area contributed by atoms with Crippen LogP contribution in [0.2, 0.25) is 0 Å². The van der Waals surface area contributed by atoms with E-state index >= 15 is 0 Å². The number of rotatable bonds is 11. The molecule has 3 aromatic rings. The molecule has 3 heterocycles. The van der Waals surface area contributed by atoms with Gasteiger partial charge in [-0.25, -0.2) is 0 Å². The number of thiophene rings is 1. The average Bonchev–Trinajstić information content (AvgIpc) is 3.73. The fourth-order valence-electron chi connectivity index (χ4n) is 7.36. The van der Waals surface area contributed by atoms with Crippen molar-refractivity contribution < 1.29 is 19.1 Å². The summed E-state index contributed by atoms with van der Waals surface area (Å²) in [5.41, 5.74) is 0.414. The Kier molecular flexibility index (Phi) is 11.1. The minimum absolute atomic E-state index is 0.0536. The molecule has 0 radical (unpaired) electrons. The second-order valence-corrected chi connectivity index (χ2v) is 15.2. The first-order chi connectivity index (χ1) is 22.4. The lowest BCUT2D eigenvalue weighted by atomic mass is 9.85. The fraction of sp³-hybridized carbons (Fsp3) is 0.528. The van der Waals surface area contributed by atoms with E-state index in [9.17, 15) is 14.4 Å². The van der Waals surface area contributed by atoms with Crippen molar-refractivity contribution in [3.8, 4) is 0 Å². The van der Waals surface area contributed by atoms with Crippen LogP contribution in [0, 0.1) is 11.8 Å². The normalized spacial score (nSPS) is 22.0. The molecule has 0 spiro atoms. The van der Waals surface area contributed by atoms with Gasteiger partial charge in [-0.05, 0) is 86.1 Å². The van der Waals surface area contributed by atoms with Gasteiger partial charge in [0, 0.05) is 54.5 Å². The van der Waals surface area contributed by atoms with Crippen LogP contribution in [-0.4, -0.2) is 67.6 Å². The van der Waals surface area contributed by atoms with Gasteiger partial charge in [0.05, 0.1) is 4.88 Å². The number of ether oxygens (including phenoxy) is 1. The molecule has 1 aliphatic carbocycles. The highest BCUT2D eigenvalue weighted by molar-refractivity contribution is 9.10. The van der Waals surface area contributed by atoms with E-state index in [0.29, 0.717) is 42.1 Å². The van der Waals surface area contributed by atoms with Gasteiger partial charge in [0.25, 0.3) is 5.91 Å². The van der Waals surface area contributed by atoms with Crippen LogP contribution in [0.25, 0.3) is 10.1 Å². The van der Waals surface area contributed by atoms with Gasteiger partial charge in [-0.2, -0.15) is 0 Å². The van der Waals surface area contributed by atoms with E-state index in [2.05, 4.69) is 67.1 Å². The van der Waals surface area contributed by atoms with Crippen LogP contribution < -0.4 is 16.0 Å². The molecule has 3 amide bonds. The summed E-state index contributed by atoms with van der Waals surface area (Å²) in [6, 6.07) is 18.9. The molecule has 2 atom stereocenters. The summed E-state index contributed by atoms with van der Waals surface area (Å²) in [6.07, 6.45) is 7.51. The van der Waals surface area contributed by atoms with Crippen LogP contribution in [0.15, 0.2) is 59.1 Å². The van der Waals surface area contributed by atoms with Crippen molar-refractivity contribution in [2.75, 3.05) is 39.4 Å². The highest BCUT2D eigenvalue weighted by Gasteiger charge is 2.42. The molecule has 2 aromatic carbocycles. The summed E-state index contributed by atoms with van der Waals surface area (Å²) in [5.74, 6) is 0.614. The molecule has 46 heavy (non-hydrogen) atoms. The maximum Gasteiger partial charge on any atom is 0.262 e. The maximum atomic E-state index is 13.4. The first-order valence-electron chi connectivity index (χ1n) is 16.8. The number of amides is 3. The molecule has 1 saturated carbocycles. The van der Waals surface area contributed by atoms with Crippen LogP contribution in [-0.2, 0) is 14.3 Å². The Morgan fingerprint density at radius 2 is 1.74 bits per heavy atom. The third-order valence-electron chi connectivity index (χ3n) is 10.0. The lowest BCUT2D eigenvalue weighted by Crippen LogP contribution is -2.57. The number of piperidine rings is 1. The van der Waals surface area contributed by atoms with Crippen molar-refractivity contribution in [3.63, 3.8) is 0 Å². The van der Waals surface area contributed by atoms with Crippen LogP contribution in [0.4, 0.5) is 0 Å². The van der Waals surface area contributed by atoms with Crippen molar-refractivity contribution >= 4 is 55.1 Å². The van der Waals surface area contributed by atoms with Crippen molar-refractivity contribution in [3.05, 3.63) is 69.5 Å². The molecule has 6 rings (SSSR count). The summed E-state index contributed by atoms with van der Waals surface area (Å²) in [5, 5.41) is 10.2. The highest BCUT2D eigenvalue weighted by Crippen LogP contribution is 2.36. The molecule has 2 aliphatic heterocycles. The molecular formula is C36H45BrN4O4S. The van der Waals surface area contributed by atoms with Gasteiger partial charge in [0.2, 0.25) is 11.8 Å². The van der Waals surface area contributed by atoms with Gasteiger partial charge in [-0.1, -0.05) is 65.2 Å². The van der Waals surface area contributed by atoms with Crippen LogP contribution in [0.1, 0.15) is 79.1 Å². The lowest BCUT2D eigenvalue weighted by molar-refractivity contribution is -0.127. The zero-order chi connectivity index (χ0) is 31.9. The number of halogens is 1. The summed E-state index contributed by atoms with van der Waals surface area (Å²) in [4.78, 5) is 42.8. The molecule has 1 unspecified atom stereocenters.